The van der Waals surface area contributed by atoms with E-state index in [4.69, 9.17) is 5.11 Å². The van der Waals surface area contributed by atoms with E-state index in [1.807, 2.05) is 0 Å². The molecule has 1 saturated heterocycles. The molecule has 20 heavy (non-hydrogen) atoms. The summed E-state index contributed by atoms with van der Waals surface area (Å²) in [7, 11) is -3.59. The highest BCUT2D eigenvalue weighted by molar-refractivity contribution is 7.89. The van der Waals surface area contributed by atoms with Crippen LogP contribution in [0.5, 0.6) is 0 Å². The van der Waals surface area contributed by atoms with Crippen molar-refractivity contribution in [1.82, 2.24) is 9.62 Å². The quantitative estimate of drug-likeness (QED) is 0.738. The lowest BCUT2D eigenvalue weighted by Gasteiger charge is -2.14. The van der Waals surface area contributed by atoms with Gasteiger partial charge in [-0.25, -0.2) is 17.9 Å². The van der Waals surface area contributed by atoms with Gasteiger partial charge in [0.1, 0.15) is 4.88 Å². The fourth-order valence-corrected chi connectivity index (χ4v) is 4.36. The monoisotopic (exact) mass is 318 g/mol. The van der Waals surface area contributed by atoms with Gasteiger partial charge in [-0.05, 0) is 45.0 Å². The Labute approximate surface area is 122 Å². The van der Waals surface area contributed by atoms with Crippen LogP contribution in [-0.2, 0) is 10.0 Å². The standard InChI is InChI=1S/C12H18N2O4S2/c15-12(16)11-8-10(9-19-11)20(17,18)13-4-3-7-14-5-1-2-6-14/h8-9,13H,1-7H2,(H,15,16). The highest BCUT2D eigenvalue weighted by atomic mass is 32.2. The van der Waals surface area contributed by atoms with Crippen LogP contribution in [0.1, 0.15) is 28.9 Å². The maximum absolute atomic E-state index is 12.0. The first kappa shape index (κ1) is 15.4. The molecule has 0 atom stereocenters. The molecule has 1 aliphatic heterocycles. The lowest BCUT2D eigenvalue weighted by atomic mass is 10.4. The van der Waals surface area contributed by atoms with E-state index in [0.717, 1.165) is 37.4 Å². The van der Waals surface area contributed by atoms with E-state index in [2.05, 4.69) is 9.62 Å². The minimum atomic E-state index is -3.59. The van der Waals surface area contributed by atoms with E-state index in [1.165, 1.54) is 24.3 Å². The fourth-order valence-electron chi connectivity index (χ4n) is 2.17. The fraction of sp³-hybridized carbons (Fsp3) is 0.583. The number of likely N-dealkylation sites (tertiary alicyclic amines) is 1. The van der Waals surface area contributed by atoms with Gasteiger partial charge in [0.05, 0.1) is 4.90 Å². The summed E-state index contributed by atoms with van der Waals surface area (Å²) in [5.41, 5.74) is 0. The van der Waals surface area contributed by atoms with Crippen LogP contribution in [-0.4, -0.2) is 50.6 Å². The van der Waals surface area contributed by atoms with Crippen LogP contribution >= 0.6 is 11.3 Å². The van der Waals surface area contributed by atoms with Gasteiger partial charge in [-0.15, -0.1) is 11.3 Å². The molecule has 2 heterocycles. The molecule has 0 unspecified atom stereocenters. The topological polar surface area (TPSA) is 86.7 Å². The lowest BCUT2D eigenvalue weighted by molar-refractivity contribution is 0.0702. The first-order chi connectivity index (χ1) is 9.49. The number of nitrogens with one attached hydrogen (secondary N) is 1. The first-order valence-electron chi connectivity index (χ1n) is 6.53. The van der Waals surface area contributed by atoms with Crippen LogP contribution in [0.15, 0.2) is 16.3 Å². The molecule has 2 N–H and O–H groups in total. The summed E-state index contributed by atoms with van der Waals surface area (Å²) >= 11 is 0.917. The normalized spacial score (nSPS) is 16.6. The van der Waals surface area contributed by atoms with Gasteiger partial charge in [0.25, 0.3) is 0 Å². The number of hydrogen-bond acceptors (Lipinski definition) is 5. The summed E-state index contributed by atoms with van der Waals surface area (Å²) in [6.07, 6.45) is 3.20. The number of carbonyl (C=O) groups is 1. The van der Waals surface area contributed by atoms with Gasteiger partial charge < -0.3 is 10.0 Å². The van der Waals surface area contributed by atoms with Gasteiger partial charge >= 0.3 is 5.97 Å². The maximum atomic E-state index is 12.0. The minimum absolute atomic E-state index is 0.0288. The molecule has 8 heteroatoms. The van der Waals surface area contributed by atoms with Crippen molar-refractivity contribution in [2.45, 2.75) is 24.2 Å². The number of rotatable bonds is 7. The van der Waals surface area contributed by atoms with E-state index in [0.29, 0.717) is 6.54 Å². The van der Waals surface area contributed by atoms with Crippen LogP contribution in [0.25, 0.3) is 0 Å². The summed E-state index contributed by atoms with van der Waals surface area (Å²) in [6, 6.07) is 1.19. The number of carboxylic acids is 1. The van der Waals surface area contributed by atoms with Crippen LogP contribution in [0.2, 0.25) is 0 Å². The predicted molar refractivity (Wildman–Crippen MR) is 76.8 cm³/mol. The molecule has 0 spiro atoms. The van der Waals surface area contributed by atoms with Crippen molar-refractivity contribution in [2.75, 3.05) is 26.2 Å². The number of sulfonamides is 1. The molecule has 0 amide bonds. The highest BCUT2D eigenvalue weighted by Gasteiger charge is 2.18. The molecule has 0 radical (unpaired) electrons. The minimum Gasteiger partial charge on any atom is -0.477 e. The molecule has 0 saturated carbocycles. The zero-order chi connectivity index (χ0) is 14.6. The second-order valence-electron chi connectivity index (χ2n) is 4.75. The van der Waals surface area contributed by atoms with E-state index >= 15 is 0 Å². The van der Waals surface area contributed by atoms with Crippen LogP contribution in [0.3, 0.4) is 0 Å². The molecule has 6 nitrogen and oxygen atoms in total. The molecule has 1 aliphatic rings. The second-order valence-corrected chi connectivity index (χ2v) is 7.43. The molecular formula is C12H18N2O4S2. The average Bonchev–Trinajstić information content (AvgIpc) is 3.05. The summed E-state index contributed by atoms with van der Waals surface area (Å²) < 4.78 is 26.4. The van der Waals surface area contributed by atoms with Crippen molar-refractivity contribution in [1.29, 1.82) is 0 Å². The Kier molecular flexibility index (Phi) is 5.14. The van der Waals surface area contributed by atoms with Gasteiger partial charge in [-0.1, -0.05) is 0 Å². The molecule has 0 aliphatic carbocycles. The van der Waals surface area contributed by atoms with Gasteiger partial charge in [-0.2, -0.15) is 0 Å². The summed E-state index contributed by atoms with van der Waals surface area (Å²) in [5.74, 6) is -1.11. The summed E-state index contributed by atoms with van der Waals surface area (Å²) in [6.45, 7) is 3.46. The maximum Gasteiger partial charge on any atom is 0.345 e. The molecule has 2 rings (SSSR count). The lowest BCUT2D eigenvalue weighted by Crippen LogP contribution is -2.28. The van der Waals surface area contributed by atoms with Gasteiger partial charge in [-0.3, -0.25) is 0 Å². The SMILES string of the molecule is O=C(O)c1cc(S(=O)(=O)NCCCN2CCCC2)cs1. The molecule has 0 aromatic carbocycles. The Morgan fingerprint density at radius 1 is 1.40 bits per heavy atom. The number of thiophene rings is 1. The van der Waals surface area contributed by atoms with Crippen molar-refractivity contribution in [3.05, 3.63) is 16.3 Å². The van der Waals surface area contributed by atoms with Crippen molar-refractivity contribution in [3.8, 4) is 0 Å². The van der Waals surface area contributed by atoms with Crippen molar-refractivity contribution >= 4 is 27.3 Å². The Bertz CT molecular complexity index is 562. The molecule has 1 aromatic heterocycles. The largest absolute Gasteiger partial charge is 0.477 e. The van der Waals surface area contributed by atoms with E-state index in [-0.39, 0.29) is 9.77 Å². The van der Waals surface area contributed by atoms with Gasteiger partial charge in [0.2, 0.25) is 10.0 Å². The zero-order valence-corrected chi connectivity index (χ0v) is 12.7. The first-order valence-corrected chi connectivity index (χ1v) is 8.89. The number of nitrogens with zero attached hydrogens (tertiary/aromatic N) is 1. The van der Waals surface area contributed by atoms with E-state index < -0.39 is 16.0 Å². The second kappa shape index (κ2) is 6.66. The third-order valence-corrected chi connectivity index (χ3v) is 5.75. The van der Waals surface area contributed by atoms with Crippen LogP contribution in [0, 0.1) is 0 Å². The highest BCUT2D eigenvalue weighted by Crippen LogP contribution is 2.19. The van der Waals surface area contributed by atoms with Crippen molar-refractivity contribution in [2.24, 2.45) is 0 Å². The van der Waals surface area contributed by atoms with Crippen molar-refractivity contribution < 1.29 is 18.3 Å². The number of carboxylic acid groups (broad SMARTS) is 1. The van der Waals surface area contributed by atoms with Gasteiger partial charge in [0.15, 0.2) is 0 Å². The summed E-state index contributed by atoms with van der Waals surface area (Å²) in [5, 5.41) is 10.1. The third kappa shape index (κ3) is 4.02. The Morgan fingerprint density at radius 3 is 2.70 bits per heavy atom. The predicted octanol–water partition coefficient (Wildman–Crippen LogP) is 1.21. The van der Waals surface area contributed by atoms with Crippen LogP contribution < -0.4 is 4.72 Å². The number of aromatic carboxylic acids is 1. The van der Waals surface area contributed by atoms with E-state index in [9.17, 15) is 13.2 Å². The number of hydrogen-bond donors (Lipinski definition) is 2. The van der Waals surface area contributed by atoms with Crippen molar-refractivity contribution in [3.63, 3.8) is 0 Å². The Morgan fingerprint density at radius 2 is 2.10 bits per heavy atom. The molecule has 1 aromatic rings. The smallest absolute Gasteiger partial charge is 0.345 e. The Hall–Kier alpha value is -0.960. The molecule has 0 bridgehead atoms. The van der Waals surface area contributed by atoms with Gasteiger partial charge in [0, 0.05) is 11.9 Å². The Balaban J connectivity index is 1.82. The third-order valence-electron chi connectivity index (χ3n) is 3.24. The van der Waals surface area contributed by atoms with Crippen LogP contribution in [0.4, 0.5) is 0 Å². The zero-order valence-electron chi connectivity index (χ0n) is 11.0. The molecule has 112 valence electrons. The average molecular weight is 318 g/mol. The summed E-state index contributed by atoms with van der Waals surface area (Å²) in [4.78, 5) is 13.1. The van der Waals surface area contributed by atoms with E-state index in [1.54, 1.807) is 0 Å². The molecule has 1 fully saturated rings. The molecular weight excluding hydrogens is 300 g/mol.